The molecule has 0 aliphatic heterocycles. The highest BCUT2D eigenvalue weighted by atomic mass is 35.5. The first kappa shape index (κ1) is 21.8. The Hall–Kier alpha value is -2.91. The average molecular weight is 450 g/mol. The van der Waals surface area contributed by atoms with E-state index in [9.17, 15) is 14.0 Å². The molecule has 1 unspecified atom stereocenters. The van der Waals surface area contributed by atoms with Crippen molar-refractivity contribution in [2.24, 2.45) is 0 Å². The number of nitrogens with one attached hydrogen (secondary N) is 1. The number of hydrogen-bond donors (Lipinski definition) is 1. The van der Waals surface area contributed by atoms with Crippen LogP contribution >= 0.6 is 23.4 Å². The van der Waals surface area contributed by atoms with Gasteiger partial charge in [0.2, 0.25) is 0 Å². The summed E-state index contributed by atoms with van der Waals surface area (Å²) in [6, 6.07) is 8.77. The van der Waals surface area contributed by atoms with Crippen LogP contribution in [0.15, 0.2) is 52.1 Å². The Morgan fingerprint density at radius 3 is 2.83 bits per heavy atom. The van der Waals surface area contributed by atoms with Crippen LogP contribution < -0.4 is 5.32 Å². The van der Waals surface area contributed by atoms with Gasteiger partial charge in [0.1, 0.15) is 16.6 Å². The van der Waals surface area contributed by atoms with Gasteiger partial charge in [0.25, 0.3) is 5.91 Å². The molecular formula is C20H17ClFN3O4S. The zero-order valence-electron chi connectivity index (χ0n) is 16.0. The van der Waals surface area contributed by atoms with Gasteiger partial charge in [-0.3, -0.25) is 4.79 Å². The topological polar surface area (TPSA) is 94.3 Å². The van der Waals surface area contributed by atoms with Gasteiger partial charge in [-0.25, -0.2) is 14.2 Å². The fraction of sp³-hybridized carbons (Fsp3) is 0.200. The van der Waals surface area contributed by atoms with Crippen molar-refractivity contribution in [3.8, 4) is 0 Å². The molecule has 7 nitrogen and oxygen atoms in total. The number of halogens is 2. The van der Waals surface area contributed by atoms with Crippen LogP contribution in [-0.2, 0) is 15.3 Å². The first-order valence-corrected chi connectivity index (χ1v) is 10.2. The predicted octanol–water partition coefficient (Wildman–Crippen LogP) is 4.65. The molecule has 0 aliphatic carbocycles. The number of aromatic nitrogens is 2. The number of anilines is 1. The Morgan fingerprint density at radius 1 is 1.33 bits per heavy atom. The normalized spacial score (nSPS) is 11.7. The molecule has 0 spiro atoms. The molecule has 1 N–H and O–H groups in total. The third-order valence-corrected chi connectivity index (χ3v) is 5.14. The molecule has 10 heteroatoms. The summed E-state index contributed by atoms with van der Waals surface area (Å²) in [6.45, 7) is 3.18. The van der Waals surface area contributed by atoms with Gasteiger partial charge in [-0.05, 0) is 44.2 Å². The maximum absolute atomic E-state index is 13.9. The van der Waals surface area contributed by atoms with Crippen molar-refractivity contribution in [3.63, 3.8) is 0 Å². The van der Waals surface area contributed by atoms with E-state index < -0.39 is 23.8 Å². The van der Waals surface area contributed by atoms with Gasteiger partial charge in [-0.1, -0.05) is 28.5 Å². The fourth-order valence-corrected chi connectivity index (χ4v) is 3.41. The van der Waals surface area contributed by atoms with Crippen molar-refractivity contribution in [2.75, 3.05) is 5.32 Å². The highest BCUT2D eigenvalue weighted by Crippen LogP contribution is 2.25. The van der Waals surface area contributed by atoms with Crippen LogP contribution in [0.25, 0.3) is 0 Å². The number of hydrogen-bond acceptors (Lipinski definition) is 7. The molecule has 3 aromatic rings. The molecule has 1 aromatic carbocycles. The van der Waals surface area contributed by atoms with E-state index >= 15 is 0 Å². The largest absolute Gasteiger partial charge is 0.449 e. The minimum absolute atomic E-state index is 0.0622. The number of amides is 1. The Balaban J connectivity index is 1.64. The SMILES string of the molecule is Cc1cc(CSc2ncccc2C(=O)OC(C)C(=O)Nc2ccc(Cl)cc2F)no1. The summed E-state index contributed by atoms with van der Waals surface area (Å²) in [7, 11) is 0. The highest BCUT2D eigenvalue weighted by molar-refractivity contribution is 7.98. The first-order chi connectivity index (χ1) is 14.3. The molecule has 1 amide bonds. The lowest BCUT2D eigenvalue weighted by Gasteiger charge is -2.15. The lowest BCUT2D eigenvalue weighted by atomic mass is 10.2. The van der Waals surface area contributed by atoms with Crippen molar-refractivity contribution < 1.29 is 23.2 Å². The number of esters is 1. The molecule has 156 valence electrons. The summed E-state index contributed by atoms with van der Waals surface area (Å²) in [5.74, 6) is -0.964. The second-order valence-electron chi connectivity index (χ2n) is 6.23. The summed E-state index contributed by atoms with van der Waals surface area (Å²) >= 11 is 6.98. The average Bonchev–Trinajstić information content (AvgIpc) is 3.13. The van der Waals surface area contributed by atoms with Gasteiger partial charge < -0.3 is 14.6 Å². The van der Waals surface area contributed by atoms with Gasteiger partial charge in [0.15, 0.2) is 6.10 Å². The molecule has 2 heterocycles. The van der Waals surface area contributed by atoms with Crippen LogP contribution in [0.5, 0.6) is 0 Å². The predicted molar refractivity (Wildman–Crippen MR) is 110 cm³/mol. The molecule has 0 radical (unpaired) electrons. The number of thioether (sulfide) groups is 1. The second-order valence-corrected chi connectivity index (χ2v) is 7.64. The van der Waals surface area contributed by atoms with Crippen LogP contribution in [-0.4, -0.2) is 28.1 Å². The van der Waals surface area contributed by atoms with Crippen LogP contribution in [0.2, 0.25) is 5.02 Å². The van der Waals surface area contributed by atoms with E-state index in [2.05, 4.69) is 15.5 Å². The smallest absolute Gasteiger partial charge is 0.341 e. The minimum atomic E-state index is -1.16. The number of rotatable bonds is 7. The number of benzene rings is 1. The van der Waals surface area contributed by atoms with Crippen molar-refractivity contribution in [2.45, 2.75) is 30.7 Å². The Bertz CT molecular complexity index is 1080. The summed E-state index contributed by atoms with van der Waals surface area (Å²) < 4.78 is 24.1. The Labute approximate surface area is 180 Å². The van der Waals surface area contributed by atoms with Crippen molar-refractivity contribution >= 4 is 40.9 Å². The van der Waals surface area contributed by atoms with E-state index in [4.69, 9.17) is 20.9 Å². The minimum Gasteiger partial charge on any atom is -0.449 e. The zero-order chi connectivity index (χ0) is 21.7. The zero-order valence-corrected chi connectivity index (χ0v) is 17.6. The van der Waals surface area contributed by atoms with Gasteiger partial charge in [0, 0.05) is 23.0 Å². The van der Waals surface area contributed by atoms with Gasteiger partial charge in [-0.15, -0.1) is 0 Å². The molecule has 0 fully saturated rings. The summed E-state index contributed by atoms with van der Waals surface area (Å²) in [5.41, 5.74) is 0.855. The molecule has 0 aliphatic rings. The van der Waals surface area contributed by atoms with Crippen LogP contribution in [0.4, 0.5) is 10.1 Å². The van der Waals surface area contributed by atoms with E-state index in [1.807, 2.05) is 0 Å². The van der Waals surface area contributed by atoms with Crippen molar-refractivity contribution in [1.82, 2.24) is 10.1 Å². The van der Waals surface area contributed by atoms with Crippen molar-refractivity contribution in [3.05, 3.63) is 70.5 Å². The monoisotopic (exact) mass is 449 g/mol. The second kappa shape index (κ2) is 9.73. The Morgan fingerprint density at radius 2 is 2.13 bits per heavy atom. The maximum atomic E-state index is 13.9. The van der Waals surface area contributed by atoms with E-state index in [1.54, 1.807) is 31.3 Å². The molecule has 2 aromatic heterocycles. The molecule has 3 rings (SSSR count). The van der Waals surface area contributed by atoms with Gasteiger partial charge in [0.05, 0.1) is 16.9 Å². The van der Waals surface area contributed by atoms with Crippen LogP contribution in [0.1, 0.15) is 28.7 Å². The third-order valence-electron chi connectivity index (χ3n) is 3.87. The standard InChI is InChI=1S/C20H17ClFN3O4S/c1-11-8-14(25-29-11)10-30-19-15(4-3-7-23-19)20(27)28-12(2)18(26)24-17-6-5-13(21)9-16(17)22/h3-9,12H,10H2,1-2H3,(H,24,26). The van der Waals surface area contributed by atoms with Gasteiger partial charge in [-0.2, -0.15) is 0 Å². The quantitative estimate of drug-likeness (QED) is 0.414. The van der Waals surface area contributed by atoms with E-state index in [0.717, 1.165) is 6.07 Å². The molecular weight excluding hydrogens is 433 g/mol. The Kier molecular flexibility index (Phi) is 7.07. The molecule has 0 saturated heterocycles. The highest BCUT2D eigenvalue weighted by Gasteiger charge is 2.22. The lowest BCUT2D eigenvalue weighted by Crippen LogP contribution is -2.30. The van der Waals surface area contributed by atoms with E-state index in [0.29, 0.717) is 22.2 Å². The number of carbonyl (C=O) groups excluding carboxylic acids is 2. The third kappa shape index (κ3) is 5.58. The number of pyridine rings is 1. The van der Waals surface area contributed by atoms with Crippen molar-refractivity contribution in [1.29, 1.82) is 0 Å². The van der Waals surface area contributed by atoms with E-state index in [-0.39, 0.29) is 16.3 Å². The summed E-state index contributed by atoms with van der Waals surface area (Å²) in [4.78, 5) is 29.1. The number of aryl methyl sites for hydroxylation is 1. The van der Waals surface area contributed by atoms with Crippen LogP contribution in [0.3, 0.4) is 0 Å². The lowest BCUT2D eigenvalue weighted by molar-refractivity contribution is -0.123. The van der Waals surface area contributed by atoms with Crippen LogP contribution in [0, 0.1) is 12.7 Å². The first-order valence-electron chi connectivity index (χ1n) is 8.80. The molecule has 0 saturated carbocycles. The number of ether oxygens (including phenoxy) is 1. The number of nitrogens with zero attached hydrogens (tertiary/aromatic N) is 2. The summed E-state index contributed by atoms with van der Waals surface area (Å²) in [6.07, 6.45) is 0.385. The molecule has 1 atom stereocenters. The van der Waals surface area contributed by atoms with E-state index in [1.165, 1.54) is 30.8 Å². The van der Waals surface area contributed by atoms with Gasteiger partial charge >= 0.3 is 5.97 Å². The fourth-order valence-electron chi connectivity index (χ4n) is 2.39. The molecule has 0 bridgehead atoms. The maximum Gasteiger partial charge on any atom is 0.341 e. The molecule has 30 heavy (non-hydrogen) atoms. The number of carbonyl (C=O) groups is 2. The summed E-state index contributed by atoms with van der Waals surface area (Å²) in [5, 5.41) is 6.90.